The Kier molecular flexibility index (Phi) is 4.58. The van der Waals surface area contributed by atoms with E-state index in [-0.39, 0.29) is 0 Å². The van der Waals surface area contributed by atoms with E-state index in [9.17, 15) is 0 Å². The van der Waals surface area contributed by atoms with E-state index in [4.69, 9.17) is 5.73 Å². The fourth-order valence-corrected chi connectivity index (χ4v) is 2.31. The molecule has 2 aromatic rings. The molecule has 19 heavy (non-hydrogen) atoms. The highest BCUT2D eigenvalue weighted by Crippen LogP contribution is 2.22. The van der Waals surface area contributed by atoms with Crippen molar-refractivity contribution in [3.63, 3.8) is 0 Å². The molecule has 2 aromatic carbocycles. The number of hydrogen-bond acceptors (Lipinski definition) is 2. The molecular formula is C17H22N2. The van der Waals surface area contributed by atoms with Gasteiger partial charge in [-0.2, -0.15) is 0 Å². The van der Waals surface area contributed by atoms with E-state index in [0.29, 0.717) is 12.0 Å². The first-order valence-electron chi connectivity index (χ1n) is 6.80. The molecular weight excluding hydrogens is 232 g/mol. The zero-order valence-electron chi connectivity index (χ0n) is 11.6. The van der Waals surface area contributed by atoms with Crippen molar-refractivity contribution in [2.75, 3.05) is 5.73 Å². The summed E-state index contributed by atoms with van der Waals surface area (Å²) in [5.41, 5.74) is 9.32. The molecule has 2 heteroatoms. The van der Waals surface area contributed by atoms with Crippen LogP contribution in [0.4, 0.5) is 5.69 Å². The summed E-state index contributed by atoms with van der Waals surface area (Å²) in [6, 6.07) is 18.9. The molecule has 0 saturated heterocycles. The molecule has 0 amide bonds. The van der Waals surface area contributed by atoms with E-state index in [0.717, 1.165) is 17.8 Å². The Balaban J connectivity index is 2.09. The van der Waals surface area contributed by atoms with E-state index in [1.165, 1.54) is 5.56 Å². The zero-order valence-corrected chi connectivity index (χ0v) is 11.6. The van der Waals surface area contributed by atoms with Crippen LogP contribution in [0.15, 0.2) is 54.6 Å². The van der Waals surface area contributed by atoms with Gasteiger partial charge in [-0.3, -0.25) is 0 Å². The maximum absolute atomic E-state index is 5.98. The van der Waals surface area contributed by atoms with Crippen molar-refractivity contribution in [2.45, 2.75) is 26.4 Å². The summed E-state index contributed by atoms with van der Waals surface area (Å²) in [4.78, 5) is 0. The van der Waals surface area contributed by atoms with Gasteiger partial charge in [-0.15, -0.1) is 0 Å². The molecule has 100 valence electrons. The van der Waals surface area contributed by atoms with Crippen molar-refractivity contribution in [1.82, 2.24) is 5.32 Å². The first-order chi connectivity index (χ1) is 9.18. The number of nitrogens with one attached hydrogen (secondary N) is 1. The smallest absolute Gasteiger partial charge is 0.0359 e. The third-order valence-electron chi connectivity index (χ3n) is 3.39. The Bertz CT molecular complexity index is 506. The van der Waals surface area contributed by atoms with Crippen LogP contribution in [-0.2, 0) is 6.54 Å². The zero-order chi connectivity index (χ0) is 13.7. The maximum Gasteiger partial charge on any atom is 0.0359 e. The summed E-state index contributed by atoms with van der Waals surface area (Å²) in [7, 11) is 0. The van der Waals surface area contributed by atoms with Crippen LogP contribution in [-0.4, -0.2) is 0 Å². The molecule has 0 heterocycles. The average molecular weight is 254 g/mol. The first-order valence-corrected chi connectivity index (χ1v) is 6.80. The van der Waals surface area contributed by atoms with Gasteiger partial charge in [0.2, 0.25) is 0 Å². The quantitative estimate of drug-likeness (QED) is 0.797. The van der Waals surface area contributed by atoms with Crippen LogP contribution in [0.1, 0.15) is 31.0 Å². The maximum atomic E-state index is 5.98. The summed E-state index contributed by atoms with van der Waals surface area (Å²) < 4.78 is 0. The van der Waals surface area contributed by atoms with Crippen LogP contribution in [0.2, 0.25) is 0 Å². The van der Waals surface area contributed by atoms with Gasteiger partial charge in [-0.05, 0) is 23.1 Å². The molecule has 0 aromatic heterocycles. The van der Waals surface area contributed by atoms with Gasteiger partial charge in [0.05, 0.1) is 0 Å². The van der Waals surface area contributed by atoms with Gasteiger partial charge < -0.3 is 11.1 Å². The van der Waals surface area contributed by atoms with Gasteiger partial charge in [-0.1, -0.05) is 62.4 Å². The molecule has 0 radical (unpaired) electrons. The highest BCUT2D eigenvalue weighted by Gasteiger charge is 2.14. The molecule has 0 spiro atoms. The second-order valence-corrected chi connectivity index (χ2v) is 5.21. The normalized spacial score (nSPS) is 12.6. The fraction of sp³-hybridized carbons (Fsp3) is 0.294. The van der Waals surface area contributed by atoms with E-state index in [2.05, 4.69) is 55.6 Å². The van der Waals surface area contributed by atoms with Crippen molar-refractivity contribution < 1.29 is 0 Å². The molecule has 0 saturated carbocycles. The lowest BCUT2D eigenvalue weighted by Crippen LogP contribution is -2.25. The summed E-state index contributed by atoms with van der Waals surface area (Å²) in [5, 5.41) is 3.61. The predicted octanol–water partition coefficient (Wildman–Crippen LogP) is 3.76. The molecule has 1 atom stereocenters. The molecule has 0 bridgehead atoms. The van der Waals surface area contributed by atoms with E-state index in [1.54, 1.807) is 0 Å². The molecule has 2 rings (SSSR count). The molecule has 2 nitrogen and oxygen atoms in total. The number of nitrogens with two attached hydrogens (primary N) is 1. The fourth-order valence-electron chi connectivity index (χ4n) is 2.31. The van der Waals surface area contributed by atoms with Gasteiger partial charge in [0.15, 0.2) is 0 Å². The Morgan fingerprint density at radius 1 is 0.947 bits per heavy atom. The summed E-state index contributed by atoms with van der Waals surface area (Å²) in [5.74, 6) is 0.535. The van der Waals surface area contributed by atoms with Crippen molar-refractivity contribution in [3.05, 3.63) is 65.7 Å². The van der Waals surface area contributed by atoms with E-state index >= 15 is 0 Å². The molecule has 3 N–H and O–H groups in total. The molecule has 0 aliphatic carbocycles. The Morgan fingerprint density at radius 2 is 1.58 bits per heavy atom. The van der Waals surface area contributed by atoms with Gasteiger partial charge >= 0.3 is 0 Å². The summed E-state index contributed by atoms with van der Waals surface area (Å²) in [6.07, 6.45) is 0. The highest BCUT2D eigenvalue weighted by atomic mass is 14.9. The van der Waals surface area contributed by atoms with Crippen LogP contribution < -0.4 is 11.1 Å². The lowest BCUT2D eigenvalue weighted by atomic mass is 9.96. The largest absolute Gasteiger partial charge is 0.398 e. The second-order valence-electron chi connectivity index (χ2n) is 5.21. The molecule has 1 unspecified atom stereocenters. The highest BCUT2D eigenvalue weighted by molar-refractivity contribution is 5.46. The van der Waals surface area contributed by atoms with Gasteiger partial charge in [0.1, 0.15) is 0 Å². The summed E-state index contributed by atoms with van der Waals surface area (Å²) in [6.45, 7) is 5.27. The number of para-hydroxylation sites is 1. The third-order valence-corrected chi connectivity index (χ3v) is 3.39. The second kappa shape index (κ2) is 6.39. The minimum atomic E-state index is 0.348. The molecule has 0 aliphatic rings. The Hall–Kier alpha value is -1.80. The van der Waals surface area contributed by atoms with Crippen molar-refractivity contribution in [3.8, 4) is 0 Å². The number of anilines is 1. The third kappa shape index (κ3) is 3.58. The number of hydrogen-bond donors (Lipinski definition) is 2. The minimum absolute atomic E-state index is 0.348. The van der Waals surface area contributed by atoms with Crippen molar-refractivity contribution >= 4 is 5.69 Å². The molecule has 0 aliphatic heterocycles. The van der Waals surface area contributed by atoms with E-state index in [1.807, 2.05) is 18.2 Å². The van der Waals surface area contributed by atoms with Crippen LogP contribution in [0.5, 0.6) is 0 Å². The predicted molar refractivity (Wildman–Crippen MR) is 81.7 cm³/mol. The van der Waals surface area contributed by atoms with Gasteiger partial charge in [0, 0.05) is 18.3 Å². The van der Waals surface area contributed by atoms with Crippen LogP contribution in [0, 0.1) is 5.92 Å². The summed E-state index contributed by atoms with van der Waals surface area (Å²) >= 11 is 0. The minimum Gasteiger partial charge on any atom is -0.398 e. The SMILES string of the molecule is CC(C)C(NCc1ccccc1N)c1ccccc1. The van der Waals surface area contributed by atoms with Crippen molar-refractivity contribution in [2.24, 2.45) is 5.92 Å². The lowest BCUT2D eigenvalue weighted by Gasteiger charge is -2.23. The van der Waals surface area contributed by atoms with Crippen molar-refractivity contribution in [1.29, 1.82) is 0 Å². The topological polar surface area (TPSA) is 38.0 Å². The van der Waals surface area contributed by atoms with Crippen LogP contribution in [0.25, 0.3) is 0 Å². The lowest BCUT2D eigenvalue weighted by molar-refractivity contribution is 0.411. The van der Waals surface area contributed by atoms with Gasteiger partial charge in [0.25, 0.3) is 0 Å². The van der Waals surface area contributed by atoms with Crippen LogP contribution in [0.3, 0.4) is 0 Å². The number of nitrogen functional groups attached to an aromatic ring is 1. The first kappa shape index (κ1) is 13.6. The number of rotatable bonds is 5. The Morgan fingerprint density at radius 3 is 2.21 bits per heavy atom. The van der Waals surface area contributed by atoms with Crippen LogP contribution >= 0.6 is 0 Å². The average Bonchev–Trinajstić information content (AvgIpc) is 2.42. The monoisotopic (exact) mass is 254 g/mol. The molecule has 0 fully saturated rings. The Labute approximate surface area is 115 Å². The number of benzene rings is 2. The standard InChI is InChI=1S/C17H22N2/c1-13(2)17(14-8-4-3-5-9-14)19-12-15-10-6-7-11-16(15)18/h3-11,13,17,19H,12,18H2,1-2H3. The van der Waals surface area contributed by atoms with Gasteiger partial charge in [-0.25, -0.2) is 0 Å². The van der Waals surface area contributed by atoms with E-state index < -0.39 is 0 Å².